The zero-order valence-electron chi connectivity index (χ0n) is 10.5. The number of nitrogens with one attached hydrogen (secondary N) is 2. The van der Waals surface area contributed by atoms with Crippen molar-refractivity contribution in [1.82, 2.24) is 10.3 Å². The Balaban J connectivity index is 2.02. The number of rotatable bonds is 4. The number of carbonyl (C=O) groups excluding carboxylic acids is 1. The minimum Gasteiger partial charge on any atom is -0.361 e. The van der Waals surface area contributed by atoms with Gasteiger partial charge in [0.2, 0.25) is 5.91 Å². The van der Waals surface area contributed by atoms with Crippen molar-refractivity contribution in [3.63, 3.8) is 0 Å². The fraction of sp³-hybridized carbons (Fsp3) is 0.267. The van der Waals surface area contributed by atoms with Crippen molar-refractivity contribution in [1.29, 1.82) is 0 Å². The summed E-state index contributed by atoms with van der Waals surface area (Å²) < 4.78 is 13.4. The van der Waals surface area contributed by atoms with Gasteiger partial charge in [-0.15, -0.1) is 6.58 Å². The first-order chi connectivity index (χ1) is 9.17. The lowest BCUT2D eigenvalue weighted by Crippen LogP contribution is -2.34. The largest absolute Gasteiger partial charge is 0.361 e. The van der Waals surface area contributed by atoms with Gasteiger partial charge in [-0.1, -0.05) is 6.08 Å². The van der Waals surface area contributed by atoms with Crippen LogP contribution in [-0.4, -0.2) is 17.4 Å². The predicted molar refractivity (Wildman–Crippen MR) is 72.4 cm³/mol. The van der Waals surface area contributed by atoms with E-state index in [4.69, 9.17) is 0 Å². The van der Waals surface area contributed by atoms with E-state index in [9.17, 15) is 9.18 Å². The quantitative estimate of drug-likeness (QED) is 0.814. The topological polar surface area (TPSA) is 44.9 Å². The highest BCUT2D eigenvalue weighted by atomic mass is 19.1. The Morgan fingerprint density at radius 2 is 2.32 bits per heavy atom. The van der Waals surface area contributed by atoms with Crippen LogP contribution in [-0.2, 0) is 10.2 Å². The molecule has 1 amide bonds. The number of H-pyrrole nitrogens is 1. The number of aromatic amines is 1. The van der Waals surface area contributed by atoms with Crippen LogP contribution in [0.25, 0.3) is 10.9 Å². The van der Waals surface area contributed by atoms with Crippen molar-refractivity contribution in [2.45, 2.75) is 18.3 Å². The van der Waals surface area contributed by atoms with E-state index in [1.165, 1.54) is 12.1 Å². The zero-order valence-corrected chi connectivity index (χ0v) is 10.5. The fourth-order valence-electron chi connectivity index (χ4n) is 2.57. The van der Waals surface area contributed by atoms with Crippen molar-refractivity contribution in [3.05, 3.63) is 48.4 Å². The fourth-order valence-corrected chi connectivity index (χ4v) is 2.57. The van der Waals surface area contributed by atoms with Gasteiger partial charge in [0.15, 0.2) is 0 Å². The third-order valence-corrected chi connectivity index (χ3v) is 3.75. The molecule has 0 atom stereocenters. The van der Waals surface area contributed by atoms with Gasteiger partial charge in [-0.3, -0.25) is 4.79 Å². The van der Waals surface area contributed by atoms with Crippen LogP contribution < -0.4 is 5.32 Å². The summed E-state index contributed by atoms with van der Waals surface area (Å²) in [6, 6.07) is 4.61. The molecule has 1 fully saturated rings. The first-order valence-corrected chi connectivity index (χ1v) is 6.34. The summed E-state index contributed by atoms with van der Waals surface area (Å²) in [5.41, 5.74) is 1.26. The highest BCUT2D eigenvalue weighted by Crippen LogP contribution is 2.50. The van der Waals surface area contributed by atoms with Crippen LogP contribution in [0.4, 0.5) is 4.39 Å². The van der Waals surface area contributed by atoms with Gasteiger partial charge in [0.25, 0.3) is 0 Å². The lowest BCUT2D eigenvalue weighted by molar-refractivity contribution is -0.123. The van der Waals surface area contributed by atoms with E-state index in [1.54, 1.807) is 12.1 Å². The van der Waals surface area contributed by atoms with E-state index in [-0.39, 0.29) is 11.7 Å². The van der Waals surface area contributed by atoms with Crippen molar-refractivity contribution in [2.75, 3.05) is 6.54 Å². The Hall–Kier alpha value is -2.10. The molecule has 0 aliphatic heterocycles. The van der Waals surface area contributed by atoms with E-state index in [0.29, 0.717) is 6.54 Å². The molecule has 1 aliphatic rings. The monoisotopic (exact) mass is 258 g/mol. The molecule has 1 heterocycles. The average Bonchev–Trinajstić information content (AvgIpc) is 3.11. The number of carbonyl (C=O) groups is 1. The summed E-state index contributed by atoms with van der Waals surface area (Å²) in [7, 11) is 0. The highest BCUT2D eigenvalue weighted by molar-refractivity contribution is 5.97. The maximum atomic E-state index is 13.4. The molecule has 19 heavy (non-hydrogen) atoms. The Morgan fingerprint density at radius 1 is 1.53 bits per heavy atom. The summed E-state index contributed by atoms with van der Waals surface area (Å²) in [5.74, 6) is -0.284. The van der Waals surface area contributed by atoms with Crippen molar-refractivity contribution in [2.24, 2.45) is 0 Å². The average molecular weight is 258 g/mol. The summed E-state index contributed by atoms with van der Waals surface area (Å²) in [4.78, 5) is 15.4. The maximum absolute atomic E-state index is 13.4. The van der Waals surface area contributed by atoms with Gasteiger partial charge in [-0.25, -0.2) is 4.39 Å². The predicted octanol–water partition coefficient (Wildman–Crippen LogP) is 2.64. The van der Waals surface area contributed by atoms with Crippen LogP contribution >= 0.6 is 0 Å². The molecule has 0 unspecified atom stereocenters. The van der Waals surface area contributed by atoms with E-state index < -0.39 is 5.41 Å². The molecule has 2 N–H and O–H groups in total. The number of benzene rings is 1. The lowest BCUT2D eigenvalue weighted by Gasteiger charge is -2.14. The van der Waals surface area contributed by atoms with Gasteiger partial charge in [-0.2, -0.15) is 0 Å². The molecule has 0 radical (unpaired) electrons. The first-order valence-electron chi connectivity index (χ1n) is 6.34. The number of halogens is 1. The van der Waals surface area contributed by atoms with Gasteiger partial charge in [0.05, 0.1) is 5.41 Å². The number of amides is 1. The van der Waals surface area contributed by atoms with E-state index >= 15 is 0 Å². The van der Waals surface area contributed by atoms with Crippen LogP contribution in [0, 0.1) is 5.82 Å². The van der Waals surface area contributed by atoms with Gasteiger partial charge in [-0.05, 0) is 36.6 Å². The van der Waals surface area contributed by atoms with Crippen molar-refractivity contribution < 1.29 is 9.18 Å². The standard InChI is InChI=1S/C15H15FN2O/c1-2-7-17-14(19)15(5-6-15)12-9-18-13-4-3-10(16)8-11(12)13/h2-4,8-9,18H,1,5-7H2,(H,17,19). The van der Waals surface area contributed by atoms with E-state index in [0.717, 1.165) is 29.3 Å². The first kappa shape index (κ1) is 12.0. The normalized spacial score (nSPS) is 16.3. The van der Waals surface area contributed by atoms with E-state index in [1.807, 2.05) is 6.20 Å². The molecule has 1 aliphatic carbocycles. The zero-order chi connectivity index (χ0) is 13.5. The SMILES string of the molecule is C=CCNC(=O)C1(c2c[nH]c3ccc(F)cc23)CC1. The van der Waals surface area contributed by atoms with Crippen LogP contribution in [0.15, 0.2) is 37.1 Å². The van der Waals surface area contributed by atoms with Crippen molar-refractivity contribution in [3.8, 4) is 0 Å². The van der Waals surface area contributed by atoms with Crippen LogP contribution in [0.5, 0.6) is 0 Å². The smallest absolute Gasteiger partial charge is 0.230 e. The van der Waals surface area contributed by atoms with E-state index in [2.05, 4.69) is 16.9 Å². The second-order valence-corrected chi connectivity index (χ2v) is 4.97. The molecule has 0 bridgehead atoms. The maximum Gasteiger partial charge on any atom is 0.230 e. The van der Waals surface area contributed by atoms with Gasteiger partial charge < -0.3 is 10.3 Å². The Bertz CT molecular complexity index is 655. The molecule has 4 heteroatoms. The second kappa shape index (κ2) is 4.23. The van der Waals surface area contributed by atoms with Crippen LogP contribution in [0.3, 0.4) is 0 Å². The minimum absolute atomic E-state index is 0.00226. The molecule has 1 aromatic heterocycles. The molecule has 0 saturated heterocycles. The summed E-state index contributed by atoms with van der Waals surface area (Å²) in [5, 5.41) is 3.64. The molecule has 3 nitrogen and oxygen atoms in total. The number of fused-ring (bicyclic) bond motifs is 1. The highest BCUT2D eigenvalue weighted by Gasteiger charge is 2.52. The minimum atomic E-state index is -0.491. The molecular formula is C15H15FN2O. The summed E-state index contributed by atoms with van der Waals surface area (Å²) in [6.07, 6.45) is 5.09. The number of hydrogen-bond donors (Lipinski definition) is 2. The van der Waals surface area contributed by atoms with Crippen LogP contribution in [0.2, 0.25) is 0 Å². The van der Waals surface area contributed by atoms with Crippen LogP contribution in [0.1, 0.15) is 18.4 Å². The van der Waals surface area contributed by atoms with Gasteiger partial charge in [0, 0.05) is 23.6 Å². The molecule has 1 aromatic carbocycles. The molecular weight excluding hydrogens is 243 g/mol. The Labute approximate surface area is 110 Å². The van der Waals surface area contributed by atoms with Gasteiger partial charge in [0.1, 0.15) is 5.82 Å². The molecule has 0 spiro atoms. The Kier molecular flexibility index (Phi) is 2.66. The third kappa shape index (κ3) is 1.84. The molecule has 2 aromatic rings. The number of hydrogen-bond acceptors (Lipinski definition) is 1. The molecule has 3 rings (SSSR count). The number of aromatic nitrogens is 1. The summed E-state index contributed by atoms with van der Waals surface area (Å²) in [6.45, 7) is 4.04. The second-order valence-electron chi connectivity index (χ2n) is 4.97. The molecule has 98 valence electrons. The van der Waals surface area contributed by atoms with Crippen molar-refractivity contribution >= 4 is 16.8 Å². The van der Waals surface area contributed by atoms with Gasteiger partial charge >= 0.3 is 0 Å². The lowest BCUT2D eigenvalue weighted by atomic mass is 9.94. The third-order valence-electron chi connectivity index (χ3n) is 3.75. The summed E-state index contributed by atoms with van der Waals surface area (Å²) >= 11 is 0. The molecule has 1 saturated carbocycles. The Morgan fingerprint density at radius 3 is 3.00 bits per heavy atom.